The predicted octanol–water partition coefficient (Wildman–Crippen LogP) is 4.67. The molecule has 0 spiro atoms. The monoisotopic (exact) mass is 291 g/mol. The number of hydrogen-bond acceptors (Lipinski definition) is 3. The molecular weight excluding hydrogens is 266 g/mol. The molecule has 2 rings (SSSR count). The molecule has 2 aromatic rings. The van der Waals surface area contributed by atoms with Gasteiger partial charge in [0.05, 0.1) is 6.61 Å². The molecule has 0 aliphatic carbocycles. The largest absolute Gasteiger partial charge is 0.380 e. The van der Waals surface area contributed by atoms with Crippen molar-refractivity contribution in [3.8, 4) is 0 Å². The normalized spacial score (nSPS) is 11.7. The molecule has 0 fully saturated rings. The van der Waals surface area contributed by atoms with Gasteiger partial charge in [-0.2, -0.15) is 0 Å². The van der Waals surface area contributed by atoms with E-state index in [9.17, 15) is 0 Å². The quantitative estimate of drug-likeness (QED) is 0.748. The van der Waals surface area contributed by atoms with Crippen molar-refractivity contribution in [2.45, 2.75) is 46.3 Å². The summed E-state index contributed by atoms with van der Waals surface area (Å²) in [6, 6.07) is 6.86. The summed E-state index contributed by atoms with van der Waals surface area (Å²) in [7, 11) is 1.78. The van der Waals surface area contributed by atoms with Gasteiger partial charge in [0, 0.05) is 28.8 Å². The van der Waals surface area contributed by atoms with Crippen LogP contribution >= 0.6 is 11.3 Å². The van der Waals surface area contributed by atoms with Crippen molar-refractivity contribution in [1.82, 2.24) is 5.32 Å². The third-order valence-electron chi connectivity index (χ3n) is 3.57. The van der Waals surface area contributed by atoms with Crippen LogP contribution in [0, 0.1) is 0 Å². The van der Waals surface area contributed by atoms with Gasteiger partial charge in [-0.1, -0.05) is 26.8 Å². The molecule has 0 amide bonds. The number of hydrogen-bond donors (Lipinski definition) is 1. The van der Waals surface area contributed by atoms with Crippen LogP contribution in [-0.4, -0.2) is 13.7 Å². The number of fused-ring (bicyclic) bond motifs is 1. The van der Waals surface area contributed by atoms with Crippen LogP contribution < -0.4 is 5.32 Å². The van der Waals surface area contributed by atoms with Crippen molar-refractivity contribution in [2.24, 2.45) is 0 Å². The summed E-state index contributed by atoms with van der Waals surface area (Å²) in [6.45, 7) is 9.40. The van der Waals surface area contributed by atoms with E-state index in [1.54, 1.807) is 7.11 Å². The molecule has 0 unspecified atom stereocenters. The van der Waals surface area contributed by atoms with Gasteiger partial charge in [0.2, 0.25) is 0 Å². The Balaban J connectivity index is 2.38. The van der Waals surface area contributed by atoms with Gasteiger partial charge in [0.15, 0.2) is 0 Å². The number of methoxy groups -OCH3 is 1. The summed E-state index contributed by atoms with van der Waals surface area (Å²) >= 11 is 1.89. The fraction of sp³-hybridized carbons (Fsp3) is 0.529. The highest BCUT2D eigenvalue weighted by molar-refractivity contribution is 7.19. The van der Waals surface area contributed by atoms with Crippen molar-refractivity contribution >= 4 is 21.4 Å². The van der Waals surface area contributed by atoms with Crippen LogP contribution in [0.1, 0.15) is 49.1 Å². The minimum absolute atomic E-state index is 0.566. The first kappa shape index (κ1) is 15.5. The lowest BCUT2D eigenvalue weighted by atomic mass is 10.0. The maximum Gasteiger partial charge on any atom is 0.0730 e. The van der Waals surface area contributed by atoms with Crippen molar-refractivity contribution in [1.29, 1.82) is 0 Å². The van der Waals surface area contributed by atoms with Crippen LogP contribution in [-0.2, 0) is 17.9 Å². The van der Waals surface area contributed by atoms with E-state index in [4.69, 9.17) is 4.74 Å². The minimum Gasteiger partial charge on any atom is -0.380 e. The van der Waals surface area contributed by atoms with E-state index < -0.39 is 0 Å². The Morgan fingerprint density at radius 1 is 1.30 bits per heavy atom. The molecule has 1 aromatic heterocycles. The van der Waals surface area contributed by atoms with Gasteiger partial charge < -0.3 is 10.1 Å². The van der Waals surface area contributed by atoms with Gasteiger partial charge in [0.25, 0.3) is 0 Å². The number of rotatable bonds is 7. The van der Waals surface area contributed by atoms with Crippen LogP contribution in [0.15, 0.2) is 18.2 Å². The van der Waals surface area contributed by atoms with Gasteiger partial charge >= 0.3 is 0 Å². The Morgan fingerprint density at radius 3 is 2.75 bits per heavy atom. The van der Waals surface area contributed by atoms with E-state index >= 15 is 0 Å². The molecule has 0 atom stereocenters. The molecule has 110 valence electrons. The fourth-order valence-electron chi connectivity index (χ4n) is 2.40. The summed E-state index contributed by atoms with van der Waals surface area (Å²) in [5.41, 5.74) is 2.76. The number of ether oxygens (including phenoxy) is 1. The fourth-order valence-corrected chi connectivity index (χ4v) is 3.56. The second-order valence-electron chi connectivity index (χ2n) is 5.52. The summed E-state index contributed by atoms with van der Waals surface area (Å²) in [5.74, 6) is 0.566. The zero-order valence-corrected chi connectivity index (χ0v) is 13.8. The second-order valence-corrected chi connectivity index (χ2v) is 6.66. The predicted molar refractivity (Wildman–Crippen MR) is 88.6 cm³/mol. The van der Waals surface area contributed by atoms with E-state index in [0.717, 1.165) is 13.1 Å². The highest BCUT2D eigenvalue weighted by Gasteiger charge is 2.13. The van der Waals surface area contributed by atoms with Gasteiger partial charge in [-0.15, -0.1) is 11.3 Å². The van der Waals surface area contributed by atoms with E-state index in [1.807, 2.05) is 11.3 Å². The lowest BCUT2D eigenvalue weighted by Gasteiger charge is -2.07. The molecule has 1 heterocycles. The minimum atomic E-state index is 0.566. The highest BCUT2D eigenvalue weighted by atomic mass is 32.1. The standard InChI is InChI=1S/C17H25NOS/c1-5-8-18-10-17-15(11-19-4)14-9-13(12(2)3)6-7-16(14)20-17/h6-7,9,12,18H,5,8,10-11H2,1-4H3. The van der Waals surface area contributed by atoms with Crippen molar-refractivity contribution < 1.29 is 4.74 Å². The van der Waals surface area contributed by atoms with Crippen LogP contribution in [0.3, 0.4) is 0 Å². The first-order valence-electron chi connectivity index (χ1n) is 7.41. The molecule has 0 saturated heterocycles. The van der Waals surface area contributed by atoms with Crippen molar-refractivity contribution in [3.05, 3.63) is 34.2 Å². The molecule has 0 aliphatic heterocycles. The Morgan fingerprint density at radius 2 is 2.10 bits per heavy atom. The van der Waals surface area contributed by atoms with Crippen LogP contribution in [0.5, 0.6) is 0 Å². The maximum absolute atomic E-state index is 5.42. The smallest absolute Gasteiger partial charge is 0.0730 e. The van der Waals surface area contributed by atoms with E-state index in [1.165, 1.54) is 32.5 Å². The lowest BCUT2D eigenvalue weighted by molar-refractivity contribution is 0.185. The molecule has 0 bridgehead atoms. The zero-order chi connectivity index (χ0) is 14.5. The molecular formula is C17H25NOS. The van der Waals surface area contributed by atoms with Gasteiger partial charge in [-0.25, -0.2) is 0 Å². The molecule has 2 nitrogen and oxygen atoms in total. The number of nitrogens with one attached hydrogen (secondary N) is 1. The third kappa shape index (κ3) is 3.40. The Kier molecular flexibility index (Phi) is 5.58. The van der Waals surface area contributed by atoms with Gasteiger partial charge in [-0.05, 0) is 42.0 Å². The van der Waals surface area contributed by atoms with Crippen LogP contribution in [0.2, 0.25) is 0 Å². The van der Waals surface area contributed by atoms with E-state index in [2.05, 4.69) is 44.3 Å². The summed E-state index contributed by atoms with van der Waals surface area (Å²) in [6.07, 6.45) is 1.17. The highest BCUT2D eigenvalue weighted by Crippen LogP contribution is 2.34. The van der Waals surface area contributed by atoms with E-state index in [-0.39, 0.29) is 0 Å². The molecule has 20 heavy (non-hydrogen) atoms. The third-order valence-corrected chi connectivity index (χ3v) is 4.78. The topological polar surface area (TPSA) is 21.3 Å². The van der Waals surface area contributed by atoms with Gasteiger partial charge in [-0.3, -0.25) is 0 Å². The summed E-state index contributed by atoms with van der Waals surface area (Å²) in [5, 5.41) is 4.87. The van der Waals surface area contributed by atoms with Gasteiger partial charge in [0.1, 0.15) is 0 Å². The first-order chi connectivity index (χ1) is 9.67. The molecule has 3 heteroatoms. The molecule has 0 aliphatic rings. The number of benzene rings is 1. The SMILES string of the molecule is CCCNCc1sc2ccc(C(C)C)cc2c1COC. The summed E-state index contributed by atoms with van der Waals surface area (Å²) < 4.78 is 6.79. The second kappa shape index (κ2) is 7.21. The maximum atomic E-state index is 5.42. The summed E-state index contributed by atoms with van der Waals surface area (Å²) in [4.78, 5) is 1.41. The van der Waals surface area contributed by atoms with E-state index in [0.29, 0.717) is 12.5 Å². The first-order valence-corrected chi connectivity index (χ1v) is 8.22. The number of thiophene rings is 1. The van der Waals surface area contributed by atoms with Crippen LogP contribution in [0.25, 0.3) is 10.1 Å². The van der Waals surface area contributed by atoms with Crippen molar-refractivity contribution in [3.63, 3.8) is 0 Å². The molecule has 1 aromatic carbocycles. The zero-order valence-electron chi connectivity index (χ0n) is 13.0. The Labute approximate surface area is 126 Å². The van der Waals surface area contributed by atoms with Crippen LogP contribution in [0.4, 0.5) is 0 Å². The Bertz CT molecular complexity index is 559. The molecule has 1 N–H and O–H groups in total. The lowest BCUT2D eigenvalue weighted by Crippen LogP contribution is -2.13. The molecule has 0 saturated carbocycles. The van der Waals surface area contributed by atoms with Crippen molar-refractivity contribution in [2.75, 3.05) is 13.7 Å². The molecule has 0 radical (unpaired) electrons. The average molecular weight is 291 g/mol. The average Bonchev–Trinajstić information content (AvgIpc) is 2.77. The Hall–Kier alpha value is -0.900.